The fraction of sp³-hybridized carbons (Fsp3) is 0.756. The lowest BCUT2D eigenvalue weighted by Gasteiger charge is -2.73. The molecule has 0 bridgehead atoms. The van der Waals surface area contributed by atoms with E-state index in [-0.39, 0.29) is 95.7 Å². The summed E-state index contributed by atoms with van der Waals surface area (Å²) < 4.78 is 48.2. The average Bonchev–Trinajstić information content (AvgIpc) is 0.467. The second kappa shape index (κ2) is 20.8. The summed E-state index contributed by atoms with van der Waals surface area (Å²) in [6, 6.07) is 4.58. The third kappa shape index (κ3) is 7.93. The van der Waals surface area contributed by atoms with Crippen molar-refractivity contribution in [2.45, 2.75) is 307 Å². The number of carbonyl (C=O) groups excluding carboxylic acids is 4. The van der Waals surface area contributed by atoms with E-state index >= 15 is 4.79 Å². The lowest BCUT2D eigenvalue weighted by molar-refractivity contribution is -0.240. The molecule has 13 aliphatic carbocycles. The van der Waals surface area contributed by atoms with E-state index in [0.29, 0.717) is 17.4 Å². The van der Waals surface area contributed by atoms with Crippen molar-refractivity contribution in [2.75, 3.05) is 21.3 Å². The summed E-state index contributed by atoms with van der Waals surface area (Å²) in [5, 5.41) is 13.6. The number of ether oxygens (including phenoxy) is 7. The molecule has 9 saturated carbocycles. The number of methoxy groups -OCH3 is 3. The Morgan fingerprint density at radius 1 is 0.510 bits per heavy atom. The van der Waals surface area contributed by atoms with Crippen LogP contribution < -0.4 is 18.9 Å². The van der Waals surface area contributed by atoms with E-state index in [9.17, 15) is 19.5 Å². The van der Waals surface area contributed by atoms with Crippen molar-refractivity contribution < 1.29 is 57.4 Å². The molecular formula is C90H122O12. The van der Waals surface area contributed by atoms with E-state index in [0.717, 1.165) is 187 Å². The van der Waals surface area contributed by atoms with Crippen LogP contribution in [0.25, 0.3) is 0 Å². The lowest BCUT2D eigenvalue weighted by Crippen LogP contribution is -2.70. The van der Waals surface area contributed by atoms with E-state index in [1.807, 2.05) is 6.92 Å². The van der Waals surface area contributed by atoms with Gasteiger partial charge in [0, 0.05) is 33.4 Å². The molecule has 554 valence electrons. The van der Waals surface area contributed by atoms with Gasteiger partial charge in [-0.15, -0.1) is 0 Å². The first-order valence-electron chi connectivity index (χ1n) is 40.2. The van der Waals surface area contributed by atoms with E-state index in [4.69, 9.17) is 33.2 Å². The summed E-state index contributed by atoms with van der Waals surface area (Å²) in [7, 11) is 4.68. The number of allylic oxidation sites excluding steroid dienone is 3. The molecule has 102 heavy (non-hydrogen) atoms. The Labute approximate surface area is 609 Å². The van der Waals surface area contributed by atoms with Crippen molar-refractivity contribution in [2.24, 2.45) is 100.0 Å². The van der Waals surface area contributed by atoms with Gasteiger partial charge in [-0.25, -0.2) is 0 Å². The van der Waals surface area contributed by atoms with Gasteiger partial charge < -0.3 is 38.3 Å². The number of fused-ring (bicyclic) bond motifs is 28. The van der Waals surface area contributed by atoms with Crippen LogP contribution in [0, 0.1) is 114 Å². The van der Waals surface area contributed by atoms with Gasteiger partial charge in [0.15, 0.2) is 29.1 Å². The number of ketones is 1. The molecule has 0 amide bonds. The topological polar surface area (TPSA) is 153 Å². The first-order chi connectivity index (χ1) is 47.5. The maximum absolute atomic E-state index is 15.7. The molecule has 9 fully saturated rings. The van der Waals surface area contributed by atoms with Crippen molar-refractivity contribution in [3.63, 3.8) is 0 Å². The summed E-state index contributed by atoms with van der Waals surface area (Å²) in [5.74, 6) is 0.388. The van der Waals surface area contributed by atoms with Crippen molar-refractivity contribution in [1.29, 1.82) is 0 Å². The predicted octanol–water partition coefficient (Wildman–Crippen LogP) is 19.3. The van der Waals surface area contributed by atoms with Crippen LogP contribution >= 0.6 is 0 Å². The molecule has 2 heterocycles. The van der Waals surface area contributed by atoms with E-state index in [2.05, 4.69) is 142 Å². The zero-order valence-corrected chi connectivity index (χ0v) is 66.1. The maximum Gasteiger partial charge on any atom is 0.317 e. The number of carbonyl (C=O) groups is 4. The Bertz CT molecular complexity index is 4200. The number of esters is 3. The Morgan fingerprint density at radius 3 is 1.73 bits per heavy atom. The van der Waals surface area contributed by atoms with Crippen molar-refractivity contribution in [1.82, 2.24) is 0 Å². The van der Waals surface area contributed by atoms with Crippen LogP contribution in [-0.4, -0.2) is 67.6 Å². The van der Waals surface area contributed by atoms with Crippen LogP contribution in [0.2, 0.25) is 0 Å². The summed E-state index contributed by atoms with van der Waals surface area (Å²) in [5.41, 5.74) is 4.51. The number of benzene rings is 2. The van der Waals surface area contributed by atoms with Crippen molar-refractivity contribution >= 4 is 23.7 Å². The van der Waals surface area contributed by atoms with E-state index < -0.39 is 56.5 Å². The molecule has 0 saturated heterocycles. The summed E-state index contributed by atoms with van der Waals surface area (Å²) in [6.45, 7) is 43.1. The molecule has 0 aromatic heterocycles. The Balaban J connectivity index is 0.794. The van der Waals surface area contributed by atoms with Crippen LogP contribution in [0.15, 0.2) is 47.1 Å². The normalized spacial score (nSPS) is 50.7. The summed E-state index contributed by atoms with van der Waals surface area (Å²) in [6.07, 6.45) is 27.3. The minimum atomic E-state index is -2.40. The summed E-state index contributed by atoms with van der Waals surface area (Å²) in [4.78, 5) is 57.6. The van der Waals surface area contributed by atoms with E-state index in [1.165, 1.54) is 29.4 Å². The third-order valence-corrected chi connectivity index (χ3v) is 37.6. The highest BCUT2D eigenvalue weighted by atomic mass is 16.7. The Morgan fingerprint density at radius 2 is 1.07 bits per heavy atom. The molecule has 1 N–H and O–H groups in total. The quantitative estimate of drug-likeness (QED) is 0.230. The largest absolute Gasteiger partial charge is 0.482 e. The molecule has 12 nitrogen and oxygen atoms in total. The third-order valence-electron chi connectivity index (χ3n) is 37.6. The minimum absolute atomic E-state index is 0.0353. The second-order valence-corrected chi connectivity index (χ2v) is 41.7. The fourth-order valence-corrected chi connectivity index (χ4v) is 31.1. The van der Waals surface area contributed by atoms with Crippen LogP contribution in [0.5, 0.6) is 23.0 Å². The predicted molar refractivity (Wildman–Crippen MR) is 393 cm³/mol. The molecule has 6 unspecified atom stereocenters. The zero-order chi connectivity index (χ0) is 73.1. The van der Waals surface area contributed by atoms with Crippen LogP contribution in [0.1, 0.15) is 292 Å². The number of hydrogen-bond acceptors (Lipinski definition) is 12. The molecule has 2 aromatic rings. The average molecular weight is 1400 g/mol. The lowest BCUT2D eigenvalue weighted by atomic mass is 9.31. The SMILES string of the molecule is COC(=O)C1(C)CCC[C@]2(C)CC[C@]3(C)C4CCc5c(cc6c(c5C)OC5C7[C@@](C)(CC[C@@]8(C)C9C[C@](C)(C(=O)OC)CC[C@]9(C)CC[C@]78C)c7cc8c(c(C)c7[C@@H]5O6)O[C@@]5(C)C6=CC=C7[C@@](C)(CC[C@@]9(C)[C@@H]%10C[C@](C)(C(=O)OC)CC[C@]%10(C)CC[C@]79C)C6=CC(=O)[C@@]5(O)O8)[C@]4(C)CC[C@@]3(C)C12. The van der Waals surface area contributed by atoms with Gasteiger partial charge in [0.2, 0.25) is 11.4 Å². The Hall–Kier alpha value is -5.10. The standard InChI is InChI=1S/C90H122O12/c1-50-52-23-25-59-79(8,37-44-88(17)70-76(5,35-40-84(59,88)13)27-22-28-82(70,11)73(94)98-21)54(52)45-57-65(50)100-68-67(99-57)64-51(2)66-58(46-56(64)81(10)38-43-86(15)62-49-78(7,72(93)97-20)32-30-75(62,4)34-41-87(86,16)69(68)81)101-90(95)63(91)47-55-53(89(90,18)102-66)24-26-60-80(55,9)36-42-85(14)61-48-77(6,71(92)96-19)31-29-74(61,3)33-39-83(60,85)12/h24,26,45-47,59,61-62,67-70,95H,22-23,25,27-44,48-49H2,1-21H3/t59?,61-,62?,67+,68?,69?,70?,74-,75-,76-,77-,78-,79+,80+,81+,82?,83-,84-,85+,86+,87-,88+,89+,90-/m1/s1. The fourth-order valence-electron chi connectivity index (χ4n) is 31.1. The summed E-state index contributed by atoms with van der Waals surface area (Å²) >= 11 is 0. The Kier molecular flexibility index (Phi) is 14.2. The van der Waals surface area contributed by atoms with Gasteiger partial charge in [-0.2, -0.15) is 0 Å². The van der Waals surface area contributed by atoms with Crippen molar-refractivity contribution in [3.05, 3.63) is 80.5 Å². The van der Waals surface area contributed by atoms with Gasteiger partial charge in [0.25, 0.3) is 0 Å². The molecule has 15 aliphatic rings. The van der Waals surface area contributed by atoms with Crippen LogP contribution in [-0.2, 0) is 50.6 Å². The number of aliphatic hydroxyl groups is 1. The maximum atomic E-state index is 15.7. The molecule has 2 aliphatic heterocycles. The molecule has 2 aromatic carbocycles. The molecule has 0 spiro atoms. The van der Waals surface area contributed by atoms with Crippen LogP contribution in [0.4, 0.5) is 0 Å². The number of rotatable bonds is 3. The first-order valence-corrected chi connectivity index (χ1v) is 40.2. The van der Waals surface area contributed by atoms with Gasteiger partial charge in [-0.05, 0) is 307 Å². The number of hydrogen-bond donors (Lipinski definition) is 1. The van der Waals surface area contributed by atoms with Gasteiger partial charge in [0.05, 0.1) is 37.6 Å². The van der Waals surface area contributed by atoms with Crippen molar-refractivity contribution in [3.8, 4) is 23.0 Å². The smallest absolute Gasteiger partial charge is 0.317 e. The molecule has 24 atom stereocenters. The monoisotopic (exact) mass is 1390 g/mol. The molecule has 12 heteroatoms. The van der Waals surface area contributed by atoms with Crippen LogP contribution in [0.3, 0.4) is 0 Å². The highest BCUT2D eigenvalue weighted by Gasteiger charge is 2.77. The second-order valence-electron chi connectivity index (χ2n) is 41.7. The van der Waals surface area contributed by atoms with Gasteiger partial charge in [-0.3, -0.25) is 19.2 Å². The van der Waals surface area contributed by atoms with Gasteiger partial charge in [-0.1, -0.05) is 107 Å². The highest BCUT2D eigenvalue weighted by molar-refractivity contribution is 6.02. The zero-order valence-electron chi connectivity index (χ0n) is 66.1. The highest BCUT2D eigenvalue weighted by Crippen LogP contribution is 2.82. The van der Waals surface area contributed by atoms with E-state index in [1.54, 1.807) is 20.3 Å². The molecular weight excluding hydrogens is 1270 g/mol. The van der Waals surface area contributed by atoms with Gasteiger partial charge in [0.1, 0.15) is 6.10 Å². The van der Waals surface area contributed by atoms with Gasteiger partial charge >= 0.3 is 23.7 Å². The molecule has 0 radical (unpaired) electrons. The minimum Gasteiger partial charge on any atom is -0.482 e. The first kappa shape index (κ1) is 69.9. The molecule has 17 rings (SSSR count).